The van der Waals surface area contributed by atoms with Crippen molar-refractivity contribution in [2.24, 2.45) is 4.99 Å². The van der Waals surface area contributed by atoms with Crippen LogP contribution < -0.4 is 15.5 Å². The normalized spacial score (nSPS) is 16.2. The van der Waals surface area contributed by atoms with Crippen molar-refractivity contribution in [2.75, 3.05) is 31.1 Å². The van der Waals surface area contributed by atoms with Gasteiger partial charge >= 0.3 is 5.97 Å². The standard InChI is InChI=1S/C21H34N4O2/c1-6-22-20(23-15-19(26)27-21(3,4)5)24-16(2)17-10-9-11-18(14-17)25-12-7-8-13-25/h9-11,14,16H,6-8,12-13,15H2,1-5H3,(H2,22,23,24). The van der Waals surface area contributed by atoms with Crippen LogP contribution in [0.5, 0.6) is 0 Å². The highest BCUT2D eigenvalue weighted by molar-refractivity contribution is 5.83. The molecule has 1 heterocycles. The number of nitrogens with zero attached hydrogens (tertiary/aromatic N) is 2. The second-order valence-electron chi connectivity index (χ2n) is 7.94. The van der Waals surface area contributed by atoms with Gasteiger partial charge in [0.25, 0.3) is 0 Å². The van der Waals surface area contributed by atoms with E-state index in [9.17, 15) is 4.79 Å². The maximum absolute atomic E-state index is 11.9. The molecule has 6 heteroatoms. The molecule has 2 rings (SSSR count). The smallest absolute Gasteiger partial charge is 0.328 e. The predicted octanol–water partition coefficient (Wildman–Crippen LogP) is 3.24. The van der Waals surface area contributed by atoms with Crippen LogP contribution in [0.4, 0.5) is 5.69 Å². The van der Waals surface area contributed by atoms with Crippen LogP contribution in [0.3, 0.4) is 0 Å². The largest absolute Gasteiger partial charge is 0.459 e. The average Bonchev–Trinajstić information content (AvgIpc) is 3.13. The molecular weight excluding hydrogens is 340 g/mol. The van der Waals surface area contributed by atoms with Crippen LogP contribution in [0.25, 0.3) is 0 Å². The first kappa shape index (κ1) is 21.1. The van der Waals surface area contributed by atoms with E-state index in [4.69, 9.17) is 4.74 Å². The van der Waals surface area contributed by atoms with E-state index in [1.165, 1.54) is 24.1 Å². The molecule has 0 amide bonds. The zero-order valence-corrected chi connectivity index (χ0v) is 17.3. The molecule has 1 aliphatic heterocycles. The van der Waals surface area contributed by atoms with Gasteiger partial charge in [-0.1, -0.05) is 12.1 Å². The minimum absolute atomic E-state index is 0.00680. The van der Waals surface area contributed by atoms with Gasteiger partial charge in [0, 0.05) is 25.3 Å². The quantitative estimate of drug-likeness (QED) is 0.455. The molecule has 1 aromatic rings. The topological polar surface area (TPSA) is 66.0 Å². The number of nitrogens with one attached hydrogen (secondary N) is 2. The number of hydrogen-bond acceptors (Lipinski definition) is 4. The van der Waals surface area contributed by atoms with Crippen molar-refractivity contribution in [3.8, 4) is 0 Å². The van der Waals surface area contributed by atoms with Crippen molar-refractivity contribution in [1.82, 2.24) is 10.6 Å². The average molecular weight is 375 g/mol. The number of carbonyl (C=O) groups excluding carboxylic acids is 1. The van der Waals surface area contributed by atoms with Gasteiger partial charge in [-0.05, 0) is 65.2 Å². The summed E-state index contributed by atoms with van der Waals surface area (Å²) in [6, 6.07) is 8.70. The zero-order chi connectivity index (χ0) is 19.9. The molecule has 1 aliphatic rings. The highest BCUT2D eigenvalue weighted by Gasteiger charge is 2.17. The number of rotatable bonds is 6. The maximum atomic E-state index is 11.9. The number of ether oxygens (including phenoxy) is 1. The van der Waals surface area contributed by atoms with E-state index in [1.807, 2.05) is 27.7 Å². The van der Waals surface area contributed by atoms with Crippen molar-refractivity contribution in [3.05, 3.63) is 29.8 Å². The highest BCUT2D eigenvalue weighted by Crippen LogP contribution is 2.23. The van der Waals surface area contributed by atoms with Crippen molar-refractivity contribution in [2.45, 2.75) is 59.1 Å². The van der Waals surface area contributed by atoms with Crippen LogP contribution in [0.15, 0.2) is 29.3 Å². The summed E-state index contributed by atoms with van der Waals surface area (Å²) in [5.41, 5.74) is 1.97. The molecule has 150 valence electrons. The summed E-state index contributed by atoms with van der Waals surface area (Å²) in [5.74, 6) is 0.283. The number of aliphatic imine (C=N–C) groups is 1. The Morgan fingerprint density at radius 1 is 1.30 bits per heavy atom. The van der Waals surface area contributed by atoms with Crippen LogP contribution in [-0.2, 0) is 9.53 Å². The fraction of sp³-hybridized carbons (Fsp3) is 0.619. The van der Waals surface area contributed by atoms with Crippen LogP contribution in [0.1, 0.15) is 59.1 Å². The third kappa shape index (κ3) is 7.12. The fourth-order valence-corrected chi connectivity index (χ4v) is 3.09. The molecule has 0 aromatic heterocycles. The molecule has 2 N–H and O–H groups in total. The van der Waals surface area contributed by atoms with Gasteiger partial charge in [0.2, 0.25) is 0 Å². The Morgan fingerprint density at radius 2 is 2.00 bits per heavy atom. The summed E-state index contributed by atoms with van der Waals surface area (Å²) >= 11 is 0. The molecule has 0 radical (unpaired) electrons. The van der Waals surface area contributed by atoms with Crippen LogP contribution in [-0.4, -0.2) is 43.7 Å². The Hall–Kier alpha value is -2.24. The first-order valence-corrected chi connectivity index (χ1v) is 9.90. The monoisotopic (exact) mass is 374 g/mol. The van der Waals surface area contributed by atoms with Gasteiger partial charge < -0.3 is 20.3 Å². The summed E-state index contributed by atoms with van der Waals surface area (Å²) in [6.07, 6.45) is 2.53. The minimum atomic E-state index is -0.498. The first-order valence-electron chi connectivity index (χ1n) is 9.90. The minimum Gasteiger partial charge on any atom is -0.459 e. The van der Waals surface area contributed by atoms with Gasteiger partial charge in [-0.25, -0.2) is 4.99 Å². The number of guanidine groups is 1. The Kier molecular flexibility index (Phi) is 7.51. The summed E-state index contributed by atoms with van der Waals surface area (Å²) in [4.78, 5) is 18.7. The highest BCUT2D eigenvalue weighted by atomic mass is 16.6. The number of carbonyl (C=O) groups is 1. The summed E-state index contributed by atoms with van der Waals surface area (Å²) < 4.78 is 5.32. The van der Waals surface area contributed by atoms with Gasteiger partial charge in [0.1, 0.15) is 12.1 Å². The van der Waals surface area contributed by atoms with Gasteiger partial charge in [0.05, 0.1) is 6.04 Å². The summed E-state index contributed by atoms with van der Waals surface area (Å²) in [7, 11) is 0. The lowest BCUT2D eigenvalue weighted by Crippen LogP contribution is -2.39. The van der Waals surface area contributed by atoms with Gasteiger partial charge in [-0.2, -0.15) is 0 Å². The van der Waals surface area contributed by atoms with Gasteiger partial charge in [-0.15, -0.1) is 0 Å². The molecule has 1 saturated heterocycles. The first-order chi connectivity index (χ1) is 12.8. The molecule has 1 atom stereocenters. The number of esters is 1. The Balaban J connectivity index is 2.01. The SMILES string of the molecule is CCNC(=NCC(=O)OC(C)(C)C)NC(C)c1cccc(N2CCCC2)c1. The van der Waals surface area contributed by atoms with E-state index in [-0.39, 0.29) is 18.6 Å². The number of anilines is 1. The third-order valence-corrected chi connectivity index (χ3v) is 4.33. The molecule has 6 nitrogen and oxygen atoms in total. The molecule has 1 fully saturated rings. The molecule has 0 spiro atoms. The predicted molar refractivity (Wildman–Crippen MR) is 111 cm³/mol. The molecule has 1 unspecified atom stereocenters. The van der Waals surface area contributed by atoms with Crippen molar-refractivity contribution >= 4 is 17.6 Å². The number of benzene rings is 1. The lowest BCUT2D eigenvalue weighted by atomic mass is 10.1. The second kappa shape index (κ2) is 9.62. The maximum Gasteiger partial charge on any atom is 0.328 e. The molecule has 0 bridgehead atoms. The zero-order valence-electron chi connectivity index (χ0n) is 17.3. The third-order valence-electron chi connectivity index (χ3n) is 4.33. The molecule has 0 aliphatic carbocycles. The van der Waals surface area contributed by atoms with E-state index in [1.54, 1.807) is 0 Å². The van der Waals surface area contributed by atoms with Gasteiger partial charge in [-0.3, -0.25) is 4.79 Å². The lowest BCUT2D eigenvalue weighted by molar-refractivity contribution is -0.152. The van der Waals surface area contributed by atoms with E-state index < -0.39 is 5.60 Å². The van der Waals surface area contributed by atoms with Crippen molar-refractivity contribution in [3.63, 3.8) is 0 Å². The van der Waals surface area contributed by atoms with Crippen molar-refractivity contribution in [1.29, 1.82) is 0 Å². The molecule has 0 saturated carbocycles. The van der Waals surface area contributed by atoms with E-state index >= 15 is 0 Å². The van der Waals surface area contributed by atoms with Crippen LogP contribution in [0.2, 0.25) is 0 Å². The number of hydrogen-bond donors (Lipinski definition) is 2. The van der Waals surface area contributed by atoms with Crippen LogP contribution in [0, 0.1) is 0 Å². The van der Waals surface area contributed by atoms with E-state index in [0.717, 1.165) is 19.6 Å². The summed E-state index contributed by atoms with van der Waals surface area (Å²) in [5, 5.41) is 6.57. The van der Waals surface area contributed by atoms with Gasteiger partial charge in [0.15, 0.2) is 5.96 Å². The Labute approximate surface area is 163 Å². The Bertz CT molecular complexity index is 646. The van der Waals surface area contributed by atoms with E-state index in [0.29, 0.717) is 5.96 Å². The second-order valence-corrected chi connectivity index (χ2v) is 7.94. The lowest BCUT2D eigenvalue weighted by Gasteiger charge is -2.22. The molecular formula is C21H34N4O2. The Morgan fingerprint density at radius 3 is 2.63 bits per heavy atom. The van der Waals surface area contributed by atoms with E-state index in [2.05, 4.69) is 51.7 Å². The van der Waals surface area contributed by atoms with Crippen LogP contribution >= 0.6 is 0 Å². The van der Waals surface area contributed by atoms with Crippen molar-refractivity contribution < 1.29 is 9.53 Å². The summed E-state index contributed by atoms with van der Waals surface area (Å²) in [6.45, 7) is 12.6. The molecule has 27 heavy (non-hydrogen) atoms. The fourth-order valence-electron chi connectivity index (χ4n) is 3.09. The molecule has 1 aromatic carbocycles.